The third-order valence-corrected chi connectivity index (χ3v) is 2.91. The Hall–Kier alpha value is -1.76. The Morgan fingerprint density at radius 3 is 2.53 bits per heavy atom. The minimum Gasteiger partial charge on any atom is -0.462 e. The molecule has 1 aliphatic rings. The maximum atomic E-state index is 10.4. The molecule has 92 valence electrons. The molecule has 7 nitrogen and oxygen atoms in total. The Morgan fingerprint density at radius 1 is 1.41 bits per heavy atom. The van der Waals surface area contributed by atoms with E-state index in [-0.39, 0.29) is 17.2 Å². The molecule has 0 aliphatic heterocycles. The van der Waals surface area contributed by atoms with Crippen LogP contribution in [0.15, 0.2) is 12.4 Å². The van der Waals surface area contributed by atoms with Crippen LogP contribution >= 0.6 is 0 Å². The van der Waals surface area contributed by atoms with Gasteiger partial charge < -0.3 is 10.5 Å². The topological polar surface area (TPSA) is 104 Å². The summed E-state index contributed by atoms with van der Waals surface area (Å²) in [6, 6.07) is 0.132. The van der Waals surface area contributed by atoms with Crippen molar-refractivity contribution >= 4 is 5.69 Å². The molecule has 0 spiro atoms. The average Bonchev–Trinajstić information content (AvgIpc) is 2.75. The van der Waals surface area contributed by atoms with E-state index in [0.29, 0.717) is 6.61 Å². The molecule has 0 radical (unpaired) electrons. The zero-order chi connectivity index (χ0) is 12.3. The molecule has 0 unspecified atom stereocenters. The van der Waals surface area contributed by atoms with Crippen LogP contribution in [0.3, 0.4) is 0 Å². The van der Waals surface area contributed by atoms with Crippen molar-refractivity contribution < 1.29 is 9.66 Å². The summed E-state index contributed by atoms with van der Waals surface area (Å²) in [6.45, 7) is 0.352. The fourth-order valence-corrected chi connectivity index (χ4v) is 1.91. The summed E-state index contributed by atoms with van der Waals surface area (Å²) in [5, 5.41) is 10.4. The van der Waals surface area contributed by atoms with E-state index in [4.69, 9.17) is 10.5 Å². The minimum absolute atomic E-state index is 0.132. The van der Waals surface area contributed by atoms with Gasteiger partial charge in [0.1, 0.15) is 19.0 Å². The average molecular weight is 238 g/mol. The summed E-state index contributed by atoms with van der Waals surface area (Å²) >= 11 is 0. The SMILES string of the molecule is NC1(COc2ncc([N+](=O)[O-])cn2)CCCC1. The van der Waals surface area contributed by atoms with Crippen LogP contribution in [0.4, 0.5) is 5.69 Å². The van der Waals surface area contributed by atoms with Gasteiger partial charge in [0.15, 0.2) is 0 Å². The molecule has 1 aromatic rings. The van der Waals surface area contributed by atoms with Gasteiger partial charge in [0.05, 0.1) is 10.5 Å². The number of nitrogens with two attached hydrogens (primary N) is 1. The van der Waals surface area contributed by atoms with Crippen molar-refractivity contribution in [2.45, 2.75) is 31.2 Å². The summed E-state index contributed by atoms with van der Waals surface area (Å²) in [4.78, 5) is 17.4. The first-order valence-electron chi connectivity index (χ1n) is 5.47. The van der Waals surface area contributed by atoms with Gasteiger partial charge in [0, 0.05) is 0 Å². The Morgan fingerprint density at radius 2 is 2.00 bits per heavy atom. The Balaban J connectivity index is 1.93. The van der Waals surface area contributed by atoms with Gasteiger partial charge in [-0.2, -0.15) is 9.97 Å². The second kappa shape index (κ2) is 4.62. The molecule has 1 heterocycles. The van der Waals surface area contributed by atoms with Crippen LogP contribution in [0.5, 0.6) is 6.01 Å². The van der Waals surface area contributed by atoms with E-state index in [9.17, 15) is 10.1 Å². The zero-order valence-corrected chi connectivity index (χ0v) is 9.33. The maximum Gasteiger partial charge on any atom is 0.316 e. The minimum atomic E-state index is -0.550. The van der Waals surface area contributed by atoms with Gasteiger partial charge in [-0.3, -0.25) is 10.1 Å². The van der Waals surface area contributed by atoms with E-state index in [1.807, 2.05) is 0 Å². The maximum absolute atomic E-state index is 10.4. The number of nitrogens with zero attached hydrogens (tertiary/aromatic N) is 3. The summed E-state index contributed by atoms with van der Waals surface area (Å²) in [5.41, 5.74) is 5.64. The molecular weight excluding hydrogens is 224 g/mol. The fraction of sp³-hybridized carbons (Fsp3) is 0.600. The smallest absolute Gasteiger partial charge is 0.316 e. The summed E-state index contributed by atoms with van der Waals surface area (Å²) < 4.78 is 5.36. The van der Waals surface area contributed by atoms with E-state index in [1.165, 1.54) is 0 Å². The second-order valence-electron chi connectivity index (χ2n) is 4.34. The molecular formula is C10H14N4O3. The number of nitro groups is 1. The fourth-order valence-electron chi connectivity index (χ4n) is 1.91. The van der Waals surface area contributed by atoms with Crippen LogP contribution in [0, 0.1) is 10.1 Å². The van der Waals surface area contributed by atoms with Crippen molar-refractivity contribution in [2.75, 3.05) is 6.61 Å². The van der Waals surface area contributed by atoms with Gasteiger partial charge in [-0.05, 0) is 12.8 Å². The van der Waals surface area contributed by atoms with Crippen molar-refractivity contribution in [1.29, 1.82) is 0 Å². The molecule has 1 saturated carbocycles. The van der Waals surface area contributed by atoms with Gasteiger partial charge in [-0.25, -0.2) is 0 Å². The summed E-state index contributed by atoms with van der Waals surface area (Å²) in [7, 11) is 0. The van der Waals surface area contributed by atoms with Gasteiger partial charge in [0.2, 0.25) is 0 Å². The highest BCUT2D eigenvalue weighted by molar-refractivity contribution is 5.21. The van der Waals surface area contributed by atoms with Crippen molar-refractivity contribution in [2.24, 2.45) is 5.73 Å². The third kappa shape index (κ3) is 2.88. The molecule has 1 aliphatic carbocycles. The van der Waals surface area contributed by atoms with E-state index >= 15 is 0 Å². The van der Waals surface area contributed by atoms with Crippen LogP contribution in [0.2, 0.25) is 0 Å². The number of hydrogen-bond donors (Lipinski definition) is 1. The first-order valence-corrected chi connectivity index (χ1v) is 5.47. The molecule has 0 bridgehead atoms. The van der Waals surface area contributed by atoms with Crippen molar-refractivity contribution in [3.05, 3.63) is 22.5 Å². The quantitative estimate of drug-likeness (QED) is 0.620. The Bertz CT molecular complexity index is 401. The van der Waals surface area contributed by atoms with Crippen LogP contribution < -0.4 is 10.5 Å². The zero-order valence-electron chi connectivity index (χ0n) is 9.33. The number of ether oxygens (including phenoxy) is 1. The van der Waals surface area contributed by atoms with Crippen molar-refractivity contribution in [3.63, 3.8) is 0 Å². The Kier molecular flexibility index (Phi) is 3.19. The largest absolute Gasteiger partial charge is 0.462 e. The summed E-state index contributed by atoms with van der Waals surface area (Å²) in [5.74, 6) is 0. The molecule has 0 amide bonds. The van der Waals surface area contributed by atoms with Crippen molar-refractivity contribution in [1.82, 2.24) is 9.97 Å². The lowest BCUT2D eigenvalue weighted by Crippen LogP contribution is -2.42. The number of aromatic nitrogens is 2. The summed E-state index contributed by atoms with van der Waals surface area (Å²) in [6.07, 6.45) is 6.34. The molecule has 2 rings (SSSR count). The molecule has 17 heavy (non-hydrogen) atoms. The first-order chi connectivity index (χ1) is 8.09. The molecule has 0 atom stereocenters. The highest BCUT2D eigenvalue weighted by Crippen LogP contribution is 2.27. The molecule has 7 heteroatoms. The van der Waals surface area contributed by atoms with E-state index in [0.717, 1.165) is 38.1 Å². The highest BCUT2D eigenvalue weighted by Gasteiger charge is 2.30. The molecule has 1 aromatic heterocycles. The molecule has 0 saturated heterocycles. The number of rotatable bonds is 4. The standard InChI is InChI=1S/C10H14N4O3/c11-10(3-1-2-4-10)7-17-9-12-5-8(6-13-9)14(15)16/h5-6H,1-4,7,11H2. The number of hydrogen-bond acceptors (Lipinski definition) is 6. The predicted molar refractivity (Wildman–Crippen MR) is 59.6 cm³/mol. The van der Waals surface area contributed by atoms with E-state index in [1.54, 1.807) is 0 Å². The highest BCUT2D eigenvalue weighted by atomic mass is 16.6. The van der Waals surface area contributed by atoms with E-state index in [2.05, 4.69) is 9.97 Å². The van der Waals surface area contributed by atoms with E-state index < -0.39 is 4.92 Å². The Labute approximate surface area is 98.2 Å². The van der Waals surface area contributed by atoms with Gasteiger partial charge in [-0.1, -0.05) is 12.8 Å². The lowest BCUT2D eigenvalue weighted by molar-refractivity contribution is -0.385. The van der Waals surface area contributed by atoms with Crippen LogP contribution in [0.1, 0.15) is 25.7 Å². The van der Waals surface area contributed by atoms with Gasteiger partial charge in [0.25, 0.3) is 0 Å². The molecule has 2 N–H and O–H groups in total. The lowest BCUT2D eigenvalue weighted by Gasteiger charge is -2.22. The van der Waals surface area contributed by atoms with Crippen LogP contribution in [0.25, 0.3) is 0 Å². The van der Waals surface area contributed by atoms with Crippen LogP contribution in [-0.2, 0) is 0 Å². The predicted octanol–water partition coefficient (Wildman–Crippen LogP) is 1.04. The van der Waals surface area contributed by atoms with Crippen molar-refractivity contribution in [3.8, 4) is 6.01 Å². The molecule has 1 fully saturated rings. The van der Waals surface area contributed by atoms with Crippen LogP contribution in [-0.4, -0.2) is 27.0 Å². The normalized spacial score (nSPS) is 17.9. The third-order valence-electron chi connectivity index (χ3n) is 2.91. The first kappa shape index (κ1) is 11.7. The van der Waals surface area contributed by atoms with Gasteiger partial charge >= 0.3 is 11.7 Å². The second-order valence-corrected chi connectivity index (χ2v) is 4.34. The van der Waals surface area contributed by atoms with Gasteiger partial charge in [-0.15, -0.1) is 0 Å². The lowest BCUT2D eigenvalue weighted by atomic mass is 10.0. The monoisotopic (exact) mass is 238 g/mol. The molecule has 0 aromatic carbocycles.